The molecule has 8 heteroatoms. The zero-order valence-electron chi connectivity index (χ0n) is 9.55. The summed E-state index contributed by atoms with van der Waals surface area (Å²) in [5.41, 5.74) is -3.24. The van der Waals surface area contributed by atoms with Crippen molar-refractivity contribution >= 4 is 11.9 Å². The molecule has 2 rings (SSSR count). The molecule has 1 aliphatic rings. The molecule has 19 heavy (non-hydrogen) atoms. The topological polar surface area (TPSA) is 64.7 Å². The van der Waals surface area contributed by atoms with E-state index in [1.165, 1.54) is 0 Å². The third-order valence-corrected chi connectivity index (χ3v) is 2.82. The van der Waals surface area contributed by atoms with E-state index in [-0.39, 0.29) is 6.61 Å². The van der Waals surface area contributed by atoms with E-state index < -0.39 is 40.6 Å². The van der Waals surface area contributed by atoms with Crippen LogP contribution in [0.4, 0.5) is 18.9 Å². The molecule has 0 radical (unpaired) electrons. The van der Waals surface area contributed by atoms with Gasteiger partial charge in [-0.1, -0.05) is 0 Å². The van der Waals surface area contributed by atoms with Crippen molar-refractivity contribution in [3.63, 3.8) is 0 Å². The minimum atomic E-state index is -3.04. The van der Waals surface area contributed by atoms with Gasteiger partial charge in [0.25, 0.3) is 12.1 Å². The molecule has 0 bridgehead atoms. The maximum atomic E-state index is 13.7. The van der Waals surface area contributed by atoms with Crippen LogP contribution >= 0.6 is 0 Å². The van der Waals surface area contributed by atoms with Crippen LogP contribution in [-0.4, -0.2) is 30.8 Å². The molecular formula is C11H9F3N2O3. The van der Waals surface area contributed by atoms with E-state index in [9.17, 15) is 23.3 Å². The number of hydrogen-bond donors (Lipinski definition) is 0. The molecular weight excluding hydrogens is 265 g/mol. The fraction of sp³-hybridized carbons (Fsp3) is 0.364. The molecule has 5 nitrogen and oxygen atoms in total. The first-order valence-electron chi connectivity index (χ1n) is 5.31. The smallest absolute Gasteiger partial charge is 0.270 e. The second-order valence-corrected chi connectivity index (χ2v) is 3.97. The van der Waals surface area contributed by atoms with E-state index in [2.05, 4.69) is 4.99 Å². The largest absolute Gasteiger partial charge is 0.373 e. The summed E-state index contributed by atoms with van der Waals surface area (Å²) < 4.78 is 45.1. The number of non-ortho nitro benzene ring substituents is 1. The van der Waals surface area contributed by atoms with Crippen LogP contribution in [0.5, 0.6) is 0 Å². The number of alkyl halides is 2. The standard InChI is InChI=1S/C11H9F3N2O3/c12-9-2-1-7(16(17)18)5-8(9)11(10(13)14)6-19-4-3-15-11/h1-3,5,10H,4,6H2. The third kappa shape index (κ3) is 2.30. The molecule has 0 N–H and O–H groups in total. The zero-order chi connectivity index (χ0) is 14.0. The van der Waals surface area contributed by atoms with Gasteiger partial charge >= 0.3 is 0 Å². The number of nitrogens with zero attached hydrogens (tertiary/aromatic N) is 2. The van der Waals surface area contributed by atoms with Gasteiger partial charge in [0.1, 0.15) is 5.82 Å². The van der Waals surface area contributed by atoms with Gasteiger partial charge in [-0.25, -0.2) is 13.2 Å². The number of hydrogen-bond acceptors (Lipinski definition) is 4. The molecule has 0 fully saturated rings. The lowest BCUT2D eigenvalue weighted by Gasteiger charge is -2.31. The first-order valence-corrected chi connectivity index (χ1v) is 5.31. The average molecular weight is 274 g/mol. The molecule has 0 saturated carbocycles. The van der Waals surface area contributed by atoms with Crippen molar-refractivity contribution in [2.45, 2.75) is 12.0 Å². The number of halogens is 3. The normalized spacial score (nSPS) is 22.7. The highest BCUT2D eigenvalue weighted by molar-refractivity contribution is 5.61. The van der Waals surface area contributed by atoms with Crippen LogP contribution in [0.25, 0.3) is 0 Å². The first kappa shape index (κ1) is 13.5. The molecule has 1 aromatic rings. The van der Waals surface area contributed by atoms with Gasteiger partial charge in [-0.2, -0.15) is 0 Å². The second-order valence-electron chi connectivity index (χ2n) is 3.97. The lowest BCUT2D eigenvalue weighted by molar-refractivity contribution is -0.385. The van der Waals surface area contributed by atoms with E-state index in [1.807, 2.05) is 0 Å². The van der Waals surface area contributed by atoms with Gasteiger partial charge in [0.15, 0.2) is 5.54 Å². The summed E-state index contributed by atoms with van der Waals surface area (Å²) >= 11 is 0. The molecule has 0 amide bonds. The Balaban J connectivity index is 2.59. The molecule has 1 unspecified atom stereocenters. The van der Waals surface area contributed by atoms with Gasteiger partial charge < -0.3 is 4.74 Å². The van der Waals surface area contributed by atoms with Crippen molar-refractivity contribution in [3.05, 3.63) is 39.7 Å². The van der Waals surface area contributed by atoms with Crippen LogP contribution in [-0.2, 0) is 10.3 Å². The Labute approximate surface area is 105 Å². The molecule has 1 aliphatic heterocycles. The minimum Gasteiger partial charge on any atom is -0.373 e. The van der Waals surface area contributed by atoms with Gasteiger partial charge in [0, 0.05) is 23.9 Å². The number of aliphatic imine (C=N–C) groups is 1. The maximum absolute atomic E-state index is 13.7. The summed E-state index contributed by atoms with van der Waals surface area (Å²) in [7, 11) is 0. The van der Waals surface area contributed by atoms with Crippen LogP contribution in [0.3, 0.4) is 0 Å². The lowest BCUT2D eigenvalue weighted by Crippen LogP contribution is -2.41. The average Bonchev–Trinajstić information content (AvgIpc) is 2.39. The molecule has 1 atom stereocenters. The van der Waals surface area contributed by atoms with Crippen molar-refractivity contribution in [2.75, 3.05) is 13.2 Å². The molecule has 0 saturated heterocycles. The maximum Gasteiger partial charge on any atom is 0.270 e. The summed E-state index contributed by atoms with van der Waals surface area (Å²) in [5.74, 6) is -0.978. The van der Waals surface area contributed by atoms with E-state index in [0.29, 0.717) is 0 Å². The van der Waals surface area contributed by atoms with Crippen molar-refractivity contribution in [3.8, 4) is 0 Å². The lowest BCUT2D eigenvalue weighted by atomic mass is 9.90. The Morgan fingerprint density at radius 2 is 2.21 bits per heavy atom. The predicted molar refractivity (Wildman–Crippen MR) is 60.0 cm³/mol. The monoisotopic (exact) mass is 274 g/mol. The van der Waals surface area contributed by atoms with Crippen LogP contribution in [0, 0.1) is 15.9 Å². The van der Waals surface area contributed by atoms with E-state index in [4.69, 9.17) is 4.74 Å². The Hall–Kier alpha value is -1.96. The van der Waals surface area contributed by atoms with Crippen molar-refractivity contribution in [1.82, 2.24) is 0 Å². The SMILES string of the molecule is O=[N+]([O-])c1ccc(F)c(C2(C(F)F)COCC=N2)c1. The fourth-order valence-electron chi connectivity index (χ4n) is 1.85. The number of rotatable bonds is 3. The Morgan fingerprint density at radius 3 is 2.74 bits per heavy atom. The van der Waals surface area contributed by atoms with E-state index in [1.54, 1.807) is 0 Å². The predicted octanol–water partition coefficient (Wildman–Crippen LogP) is 2.30. The van der Waals surface area contributed by atoms with Crippen molar-refractivity contribution in [1.29, 1.82) is 0 Å². The highest BCUT2D eigenvalue weighted by Gasteiger charge is 2.45. The van der Waals surface area contributed by atoms with Crippen LogP contribution in [0.1, 0.15) is 5.56 Å². The molecule has 0 aromatic heterocycles. The summed E-state index contributed by atoms with van der Waals surface area (Å²) in [4.78, 5) is 13.5. The molecule has 0 spiro atoms. The highest BCUT2D eigenvalue weighted by atomic mass is 19.3. The van der Waals surface area contributed by atoms with Crippen molar-refractivity contribution in [2.24, 2.45) is 4.99 Å². The van der Waals surface area contributed by atoms with E-state index in [0.717, 1.165) is 24.4 Å². The van der Waals surface area contributed by atoms with Crippen LogP contribution in [0.15, 0.2) is 23.2 Å². The minimum absolute atomic E-state index is 0.0466. The molecule has 102 valence electrons. The second kappa shape index (κ2) is 4.96. The van der Waals surface area contributed by atoms with Crippen LogP contribution in [0.2, 0.25) is 0 Å². The third-order valence-electron chi connectivity index (χ3n) is 2.82. The fourth-order valence-corrected chi connectivity index (χ4v) is 1.85. The summed E-state index contributed by atoms with van der Waals surface area (Å²) in [5, 5.41) is 10.6. The zero-order valence-corrected chi connectivity index (χ0v) is 9.55. The first-order chi connectivity index (χ1) is 8.97. The van der Waals surface area contributed by atoms with E-state index >= 15 is 0 Å². The number of ether oxygens (including phenoxy) is 1. The summed E-state index contributed by atoms with van der Waals surface area (Å²) in [6.45, 7) is -0.482. The van der Waals surface area contributed by atoms with Gasteiger partial charge in [-0.15, -0.1) is 0 Å². The summed E-state index contributed by atoms with van der Waals surface area (Å²) in [6, 6.07) is 2.46. The number of benzene rings is 1. The molecule has 0 aliphatic carbocycles. The quantitative estimate of drug-likeness (QED) is 0.627. The van der Waals surface area contributed by atoms with Crippen LogP contribution < -0.4 is 0 Å². The molecule has 1 heterocycles. The summed E-state index contributed by atoms with van der Waals surface area (Å²) in [6.07, 6.45) is -1.94. The number of nitro groups is 1. The Kier molecular flexibility index (Phi) is 3.52. The van der Waals surface area contributed by atoms with Gasteiger partial charge in [0.2, 0.25) is 0 Å². The highest BCUT2D eigenvalue weighted by Crippen LogP contribution is 2.37. The van der Waals surface area contributed by atoms with Gasteiger partial charge in [0.05, 0.1) is 18.1 Å². The van der Waals surface area contributed by atoms with Gasteiger partial charge in [-0.05, 0) is 6.07 Å². The number of nitro benzene ring substituents is 1. The Morgan fingerprint density at radius 1 is 1.47 bits per heavy atom. The van der Waals surface area contributed by atoms with Gasteiger partial charge in [-0.3, -0.25) is 15.1 Å². The van der Waals surface area contributed by atoms with Crippen molar-refractivity contribution < 1.29 is 22.8 Å². The Bertz CT molecular complexity index is 536. The molecule has 1 aromatic carbocycles.